The van der Waals surface area contributed by atoms with Gasteiger partial charge in [0.25, 0.3) is 0 Å². The molecule has 1 aliphatic heterocycles. The first-order valence-electron chi connectivity index (χ1n) is 6.18. The minimum Gasteiger partial charge on any atom is -0.497 e. The molecule has 1 fully saturated rings. The van der Waals surface area contributed by atoms with Gasteiger partial charge in [0, 0.05) is 0 Å². The van der Waals surface area contributed by atoms with Gasteiger partial charge in [-0.15, -0.1) is 23.5 Å². The van der Waals surface area contributed by atoms with E-state index in [1.54, 1.807) is 7.11 Å². The highest BCUT2D eigenvalue weighted by Crippen LogP contribution is 2.44. The maximum atomic E-state index is 5.26. The van der Waals surface area contributed by atoms with Crippen LogP contribution in [0.5, 0.6) is 5.75 Å². The topological polar surface area (TPSA) is 9.23 Å². The van der Waals surface area contributed by atoms with Crippen LogP contribution in [0.15, 0.2) is 36.4 Å². The molecule has 0 aromatic heterocycles. The molecule has 0 atom stereocenters. The summed E-state index contributed by atoms with van der Waals surface area (Å²) in [4.78, 5) is 0. The average molecular weight is 276 g/mol. The molecule has 2 aromatic carbocycles. The molecule has 3 rings (SSSR count). The van der Waals surface area contributed by atoms with E-state index >= 15 is 0 Å². The number of hydrogen-bond acceptors (Lipinski definition) is 3. The molecular weight excluding hydrogens is 260 g/mol. The lowest BCUT2D eigenvalue weighted by molar-refractivity contribution is 0.415. The van der Waals surface area contributed by atoms with Crippen LogP contribution >= 0.6 is 23.5 Å². The molecule has 94 valence electrons. The van der Waals surface area contributed by atoms with Crippen LogP contribution < -0.4 is 4.74 Å². The van der Waals surface area contributed by atoms with E-state index in [0.717, 1.165) is 5.75 Å². The zero-order chi connectivity index (χ0) is 12.4. The zero-order valence-electron chi connectivity index (χ0n) is 10.4. The number of hydrogen-bond donors (Lipinski definition) is 0. The smallest absolute Gasteiger partial charge is 0.119 e. The second-order valence-electron chi connectivity index (χ2n) is 4.40. The van der Waals surface area contributed by atoms with Crippen LogP contribution in [0.2, 0.25) is 0 Å². The van der Waals surface area contributed by atoms with Crippen molar-refractivity contribution in [2.24, 2.45) is 0 Å². The van der Waals surface area contributed by atoms with Crippen molar-refractivity contribution in [3.63, 3.8) is 0 Å². The molecule has 1 nitrogen and oxygen atoms in total. The summed E-state index contributed by atoms with van der Waals surface area (Å²) in [5.41, 5.74) is 1.45. The maximum absolute atomic E-state index is 5.26. The van der Waals surface area contributed by atoms with E-state index in [2.05, 4.69) is 53.9 Å². The molecule has 2 aromatic rings. The molecule has 0 aliphatic carbocycles. The number of ether oxygens (including phenoxy) is 1. The van der Waals surface area contributed by atoms with Crippen LogP contribution in [-0.4, -0.2) is 18.6 Å². The highest BCUT2D eigenvalue weighted by atomic mass is 32.2. The van der Waals surface area contributed by atoms with Crippen LogP contribution in [0.1, 0.15) is 16.6 Å². The summed E-state index contributed by atoms with van der Waals surface area (Å²) in [7, 11) is 1.71. The van der Waals surface area contributed by atoms with Gasteiger partial charge in [0.2, 0.25) is 0 Å². The molecule has 0 radical (unpaired) electrons. The highest BCUT2D eigenvalue weighted by Gasteiger charge is 2.16. The fourth-order valence-electron chi connectivity index (χ4n) is 2.20. The van der Waals surface area contributed by atoms with Crippen LogP contribution in [0, 0.1) is 0 Å². The van der Waals surface area contributed by atoms with Gasteiger partial charge in [0.05, 0.1) is 11.7 Å². The molecule has 1 saturated heterocycles. The lowest BCUT2D eigenvalue weighted by Crippen LogP contribution is -1.99. The van der Waals surface area contributed by atoms with Gasteiger partial charge in [0.15, 0.2) is 0 Å². The summed E-state index contributed by atoms with van der Waals surface area (Å²) >= 11 is 4.14. The quantitative estimate of drug-likeness (QED) is 0.785. The Morgan fingerprint density at radius 3 is 2.50 bits per heavy atom. The van der Waals surface area contributed by atoms with Crippen molar-refractivity contribution in [2.45, 2.75) is 11.0 Å². The largest absolute Gasteiger partial charge is 0.497 e. The van der Waals surface area contributed by atoms with Gasteiger partial charge in [-0.2, -0.15) is 0 Å². The summed E-state index contributed by atoms with van der Waals surface area (Å²) in [5, 5.41) is 2.56. The number of methoxy groups -OCH3 is 1. The Bertz CT molecular complexity index is 547. The van der Waals surface area contributed by atoms with E-state index in [9.17, 15) is 0 Å². The van der Waals surface area contributed by atoms with Crippen molar-refractivity contribution >= 4 is 34.3 Å². The summed E-state index contributed by atoms with van der Waals surface area (Å²) in [6.07, 6.45) is 1.34. The SMILES string of the molecule is COc1ccc2cc(C3SCCCS3)ccc2c1. The predicted molar refractivity (Wildman–Crippen MR) is 82.8 cm³/mol. The van der Waals surface area contributed by atoms with E-state index in [-0.39, 0.29) is 0 Å². The molecule has 3 heteroatoms. The molecule has 0 N–H and O–H groups in total. The summed E-state index contributed by atoms with van der Waals surface area (Å²) in [5.74, 6) is 3.51. The third-order valence-corrected chi connectivity index (χ3v) is 6.19. The third-order valence-electron chi connectivity index (χ3n) is 3.17. The van der Waals surface area contributed by atoms with Crippen molar-refractivity contribution in [3.05, 3.63) is 42.0 Å². The summed E-state index contributed by atoms with van der Waals surface area (Å²) in [6.45, 7) is 0. The van der Waals surface area contributed by atoms with Crippen molar-refractivity contribution < 1.29 is 4.74 Å². The Balaban J connectivity index is 1.95. The van der Waals surface area contributed by atoms with E-state index < -0.39 is 0 Å². The predicted octanol–water partition coefficient (Wildman–Crippen LogP) is 4.72. The standard InChI is InChI=1S/C15H16OS2/c1-16-14-6-5-11-9-13(4-3-12(11)10-14)15-17-7-2-8-18-15/h3-6,9-10,15H,2,7-8H2,1H3. The molecule has 0 spiro atoms. The van der Waals surface area contributed by atoms with Crippen molar-refractivity contribution in [3.8, 4) is 5.75 Å². The third kappa shape index (κ3) is 2.47. The van der Waals surface area contributed by atoms with Gasteiger partial charge < -0.3 is 4.74 Å². The number of rotatable bonds is 2. The van der Waals surface area contributed by atoms with Crippen molar-refractivity contribution in [2.75, 3.05) is 18.6 Å². The number of benzene rings is 2. The molecule has 0 unspecified atom stereocenters. The number of fused-ring (bicyclic) bond motifs is 1. The lowest BCUT2D eigenvalue weighted by Gasteiger charge is -2.21. The van der Waals surface area contributed by atoms with Gasteiger partial charge in [-0.3, -0.25) is 0 Å². The lowest BCUT2D eigenvalue weighted by atomic mass is 10.1. The van der Waals surface area contributed by atoms with Gasteiger partial charge >= 0.3 is 0 Å². The maximum Gasteiger partial charge on any atom is 0.119 e. The first-order valence-corrected chi connectivity index (χ1v) is 8.27. The molecule has 0 amide bonds. The Hall–Kier alpha value is -0.800. The van der Waals surface area contributed by atoms with Crippen LogP contribution in [-0.2, 0) is 0 Å². The first kappa shape index (κ1) is 12.2. The monoisotopic (exact) mass is 276 g/mol. The Morgan fingerprint density at radius 1 is 1.00 bits per heavy atom. The van der Waals surface area contributed by atoms with E-state index in [1.807, 2.05) is 6.07 Å². The van der Waals surface area contributed by atoms with E-state index in [0.29, 0.717) is 4.58 Å². The van der Waals surface area contributed by atoms with Crippen LogP contribution in [0.4, 0.5) is 0 Å². The van der Waals surface area contributed by atoms with Crippen molar-refractivity contribution in [1.82, 2.24) is 0 Å². The molecule has 18 heavy (non-hydrogen) atoms. The van der Waals surface area contributed by atoms with Gasteiger partial charge in [-0.25, -0.2) is 0 Å². The second-order valence-corrected chi connectivity index (χ2v) is 7.12. The van der Waals surface area contributed by atoms with Gasteiger partial charge in [-0.1, -0.05) is 18.2 Å². The molecule has 0 saturated carbocycles. The van der Waals surface area contributed by atoms with Crippen LogP contribution in [0.3, 0.4) is 0 Å². The van der Waals surface area contributed by atoms with Crippen LogP contribution in [0.25, 0.3) is 10.8 Å². The zero-order valence-corrected chi connectivity index (χ0v) is 12.0. The van der Waals surface area contributed by atoms with E-state index in [4.69, 9.17) is 4.74 Å². The minimum absolute atomic E-state index is 0.616. The molecule has 1 aliphatic rings. The molecule has 1 heterocycles. The fraction of sp³-hybridized carbons (Fsp3) is 0.333. The summed E-state index contributed by atoms with van der Waals surface area (Å²) < 4.78 is 5.88. The normalized spacial score (nSPS) is 16.9. The van der Waals surface area contributed by atoms with Gasteiger partial charge in [0.1, 0.15) is 5.75 Å². The molecule has 0 bridgehead atoms. The minimum atomic E-state index is 0.616. The van der Waals surface area contributed by atoms with Crippen molar-refractivity contribution in [1.29, 1.82) is 0 Å². The Kier molecular flexibility index (Phi) is 3.71. The summed E-state index contributed by atoms with van der Waals surface area (Å²) in [6, 6.07) is 13.1. The Labute approximate surface area is 116 Å². The van der Waals surface area contributed by atoms with E-state index in [1.165, 1.54) is 34.3 Å². The average Bonchev–Trinajstić information content (AvgIpc) is 2.47. The Morgan fingerprint density at radius 2 is 1.72 bits per heavy atom. The number of thioether (sulfide) groups is 2. The fourth-order valence-corrected chi connectivity index (χ4v) is 5.07. The first-order chi connectivity index (χ1) is 8.86. The van der Waals surface area contributed by atoms with Gasteiger partial charge in [-0.05, 0) is 52.5 Å². The highest BCUT2D eigenvalue weighted by molar-refractivity contribution is 8.16. The second kappa shape index (κ2) is 5.45. The molecular formula is C15H16OS2.